The molecule has 0 saturated carbocycles. The summed E-state index contributed by atoms with van der Waals surface area (Å²) in [5.74, 6) is -0.358. The highest BCUT2D eigenvalue weighted by Gasteiger charge is 2.14. The summed E-state index contributed by atoms with van der Waals surface area (Å²) in [4.78, 5) is 26.6. The Morgan fingerprint density at radius 3 is 2.71 bits per heavy atom. The summed E-state index contributed by atoms with van der Waals surface area (Å²) < 4.78 is 10.8. The van der Waals surface area contributed by atoms with E-state index in [4.69, 9.17) is 9.47 Å². The molecule has 0 aliphatic heterocycles. The van der Waals surface area contributed by atoms with Crippen LogP contribution in [0.3, 0.4) is 0 Å². The molecule has 21 heavy (non-hydrogen) atoms. The predicted molar refractivity (Wildman–Crippen MR) is 82.4 cm³/mol. The number of aromatic nitrogens is 1. The summed E-state index contributed by atoms with van der Waals surface area (Å²) in [5.41, 5.74) is 0.580. The van der Waals surface area contributed by atoms with E-state index in [1.54, 1.807) is 18.2 Å². The number of fused-ring (bicyclic) bond motifs is 1. The Morgan fingerprint density at radius 2 is 2.05 bits per heavy atom. The lowest BCUT2D eigenvalue weighted by atomic mass is 10.1. The van der Waals surface area contributed by atoms with Gasteiger partial charge in [0.05, 0.1) is 12.1 Å². The first-order valence-corrected chi connectivity index (χ1v) is 7.01. The zero-order chi connectivity index (χ0) is 15.4. The van der Waals surface area contributed by atoms with Crippen LogP contribution in [0.2, 0.25) is 0 Å². The van der Waals surface area contributed by atoms with Crippen molar-refractivity contribution in [1.29, 1.82) is 0 Å². The van der Waals surface area contributed by atoms with Crippen LogP contribution in [0.1, 0.15) is 10.4 Å². The second-order valence-electron chi connectivity index (χ2n) is 4.35. The Labute approximate surface area is 129 Å². The van der Waals surface area contributed by atoms with Gasteiger partial charge in [0.2, 0.25) is 5.56 Å². The molecule has 2 N–H and O–H groups in total. The zero-order valence-corrected chi connectivity index (χ0v) is 13.2. The second-order valence-corrected chi connectivity index (χ2v) is 5.26. The average molecular weight is 355 g/mol. The Kier molecular flexibility index (Phi) is 5.11. The Hall–Kier alpha value is -1.70. The average Bonchev–Trinajstić information content (AvgIpc) is 2.47. The molecule has 7 heteroatoms. The minimum absolute atomic E-state index is 0.189. The first-order valence-electron chi connectivity index (χ1n) is 6.21. The molecule has 1 aromatic carbocycles. The number of nitrogens with one attached hydrogen (secondary N) is 2. The van der Waals surface area contributed by atoms with Crippen molar-refractivity contribution in [3.63, 3.8) is 0 Å². The lowest BCUT2D eigenvalue weighted by molar-refractivity contribution is -0.0974. The highest BCUT2D eigenvalue weighted by molar-refractivity contribution is 9.10. The zero-order valence-electron chi connectivity index (χ0n) is 11.6. The third-order valence-electron chi connectivity index (χ3n) is 3.00. The number of aromatic amines is 1. The van der Waals surface area contributed by atoms with E-state index < -0.39 is 6.29 Å². The number of pyridine rings is 1. The van der Waals surface area contributed by atoms with Gasteiger partial charge in [0.15, 0.2) is 6.29 Å². The van der Waals surface area contributed by atoms with Gasteiger partial charge in [0, 0.05) is 35.7 Å². The third-order valence-corrected chi connectivity index (χ3v) is 3.50. The normalized spacial score (nSPS) is 11.0. The molecule has 112 valence electrons. The fourth-order valence-electron chi connectivity index (χ4n) is 1.95. The van der Waals surface area contributed by atoms with E-state index in [1.807, 2.05) is 0 Å². The number of ether oxygens (including phenoxy) is 2. The molecule has 0 atom stereocenters. The molecule has 0 unspecified atom stereocenters. The Morgan fingerprint density at radius 1 is 1.33 bits per heavy atom. The summed E-state index contributed by atoms with van der Waals surface area (Å²) >= 11 is 3.36. The van der Waals surface area contributed by atoms with Gasteiger partial charge in [-0.2, -0.15) is 0 Å². The van der Waals surface area contributed by atoms with E-state index in [0.717, 1.165) is 4.47 Å². The van der Waals surface area contributed by atoms with Gasteiger partial charge < -0.3 is 19.8 Å². The molecule has 1 amide bonds. The first-order chi connectivity index (χ1) is 10.0. The summed E-state index contributed by atoms with van der Waals surface area (Å²) in [7, 11) is 2.97. The van der Waals surface area contributed by atoms with Crippen molar-refractivity contribution in [3.8, 4) is 0 Å². The van der Waals surface area contributed by atoms with Crippen molar-refractivity contribution in [2.24, 2.45) is 0 Å². The van der Waals surface area contributed by atoms with Crippen molar-refractivity contribution in [1.82, 2.24) is 10.3 Å². The number of H-pyrrole nitrogens is 1. The van der Waals surface area contributed by atoms with Crippen LogP contribution in [-0.2, 0) is 9.47 Å². The van der Waals surface area contributed by atoms with Crippen molar-refractivity contribution in [3.05, 3.63) is 44.7 Å². The van der Waals surface area contributed by atoms with Gasteiger partial charge in [-0.15, -0.1) is 0 Å². The molecule has 6 nitrogen and oxygen atoms in total. The largest absolute Gasteiger partial charge is 0.354 e. The van der Waals surface area contributed by atoms with E-state index in [1.165, 1.54) is 20.3 Å². The van der Waals surface area contributed by atoms with Crippen molar-refractivity contribution in [2.45, 2.75) is 6.29 Å². The molecule has 0 fully saturated rings. The van der Waals surface area contributed by atoms with E-state index in [9.17, 15) is 9.59 Å². The van der Waals surface area contributed by atoms with Crippen LogP contribution in [0.4, 0.5) is 0 Å². The van der Waals surface area contributed by atoms with Crippen LogP contribution in [0.5, 0.6) is 0 Å². The van der Waals surface area contributed by atoms with E-state index >= 15 is 0 Å². The topological polar surface area (TPSA) is 80.4 Å². The minimum Gasteiger partial charge on any atom is -0.354 e. The lowest BCUT2D eigenvalue weighted by Gasteiger charge is -2.14. The van der Waals surface area contributed by atoms with Crippen LogP contribution >= 0.6 is 15.9 Å². The van der Waals surface area contributed by atoms with Crippen LogP contribution in [0, 0.1) is 0 Å². The van der Waals surface area contributed by atoms with Gasteiger partial charge >= 0.3 is 0 Å². The molecule has 2 aromatic rings. The minimum atomic E-state index is -0.533. The van der Waals surface area contributed by atoms with Gasteiger partial charge in [-0.05, 0) is 18.2 Å². The molecule has 0 aliphatic rings. The standard InChI is InChI=1S/C14H15BrN2O4/c1-20-13(21-2)7-16-14(19)10-6-12(18)17-11-4-3-8(15)5-9(10)11/h3-6,13H,7H2,1-2H3,(H,16,19)(H,17,18). The summed E-state index contributed by atoms with van der Waals surface area (Å²) in [6.45, 7) is 0.189. The molecular weight excluding hydrogens is 340 g/mol. The van der Waals surface area contributed by atoms with Gasteiger partial charge in [-0.25, -0.2) is 0 Å². The Balaban J connectivity index is 2.34. The van der Waals surface area contributed by atoms with Gasteiger partial charge in [0.1, 0.15) is 0 Å². The van der Waals surface area contributed by atoms with Crippen LogP contribution in [-0.4, -0.2) is 37.9 Å². The fourth-order valence-corrected chi connectivity index (χ4v) is 2.31. The molecule has 0 bridgehead atoms. The van der Waals surface area contributed by atoms with E-state index in [0.29, 0.717) is 16.5 Å². The molecule has 0 aliphatic carbocycles. The van der Waals surface area contributed by atoms with Crippen LogP contribution < -0.4 is 10.9 Å². The van der Waals surface area contributed by atoms with Crippen LogP contribution in [0.25, 0.3) is 10.9 Å². The molecule has 2 rings (SSSR count). The smallest absolute Gasteiger partial charge is 0.252 e. The number of amides is 1. The molecule has 1 heterocycles. The molecule has 0 saturated heterocycles. The third kappa shape index (κ3) is 3.69. The van der Waals surface area contributed by atoms with Crippen LogP contribution in [0.15, 0.2) is 33.5 Å². The van der Waals surface area contributed by atoms with Crippen molar-refractivity contribution < 1.29 is 14.3 Å². The number of methoxy groups -OCH3 is 2. The number of halogens is 1. The summed E-state index contributed by atoms with van der Waals surface area (Å²) in [6, 6.07) is 6.60. The second kappa shape index (κ2) is 6.84. The maximum atomic E-state index is 12.3. The maximum Gasteiger partial charge on any atom is 0.252 e. The number of carbonyl (C=O) groups is 1. The number of hydrogen-bond donors (Lipinski definition) is 2. The number of benzene rings is 1. The fraction of sp³-hybridized carbons (Fsp3) is 0.286. The van der Waals surface area contributed by atoms with E-state index in [-0.39, 0.29) is 18.0 Å². The summed E-state index contributed by atoms with van der Waals surface area (Å²) in [5, 5.41) is 3.34. The Bertz CT molecular complexity index is 710. The molecule has 0 spiro atoms. The SMILES string of the molecule is COC(CNC(=O)c1cc(=O)[nH]c2ccc(Br)cc12)OC. The summed E-state index contributed by atoms with van der Waals surface area (Å²) in [6.07, 6.45) is -0.533. The number of rotatable bonds is 5. The highest BCUT2D eigenvalue weighted by atomic mass is 79.9. The van der Waals surface area contributed by atoms with Gasteiger partial charge in [0.25, 0.3) is 5.91 Å². The number of hydrogen-bond acceptors (Lipinski definition) is 4. The highest BCUT2D eigenvalue weighted by Crippen LogP contribution is 2.20. The van der Waals surface area contributed by atoms with Crippen molar-refractivity contribution in [2.75, 3.05) is 20.8 Å². The monoisotopic (exact) mass is 354 g/mol. The van der Waals surface area contributed by atoms with Gasteiger partial charge in [-0.3, -0.25) is 9.59 Å². The molecule has 1 aromatic heterocycles. The quantitative estimate of drug-likeness (QED) is 0.799. The van der Waals surface area contributed by atoms with Gasteiger partial charge in [-0.1, -0.05) is 15.9 Å². The van der Waals surface area contributed by atoms with E-state index in [2.05, 4.69) is 26.2 Å². The molecular formula is C14H15BrN2O4. The van der Waals surface area contributed by atoms with Crippen molar-refractivity contribution >= 4 is 32.7 Å². The maximum absolute atomic E-state index is 12.3. The lowest BCUT2D eigenvalue weighted by Crippen LogP contribution is -2.34. The molecule has 0 radical (unpaired) electrons. The first kappa shape index (κ1) is 15.7. The predicted octanol–water partition coefficient (Wildman–Crippen LogP) is 1.64. The number of carbonyl (C=O) groups excluding carboxylic acids is 1.